The van der Waals surface area contributed by atoms with Crippen molar-refractivity contribution in [3.05, 3.63) is 47.9 Å². The average Bonchev–Trinajstić information content (AvgIpc) is 2.95. The van der Waals surface area contributed by atoms with E-state index in [1.54, 1.807) is 17.9 Å². The highest BCUT2D eigenvalue weighted by Gasteiger charge is 2.34. The third-order valence-corrected chi connectivity index (χ3v) is 6.10. The van der Waals surface area contributed by atoms with Crippen LogP contribution in [0.2, 0.25) is 0 Å². The minimum absolute atomic E-state index is 0.0196. The summed E-state index contributed by atoms with van der Waals surface area (Å²) >= 11 is 0. The maximum absolute atomic E-state index is 12.9. The van der Waals surface area contributed by atoms with Crippen molar-refractivity contribution in [2.75, 3.05) is 23.4 Å². The summed E-state index contributed by atoms with van der Waals surface area (Å²) < 4.78 is 23.5. The van der Waals surface area contributed by atoms with Crippen LogP contribution in [0.15, 0.2) is 36.4 Å². The maximum atomic E-state index is 12.9. The Bertz CT molecular complexity index is 900. The van der Waals surface area contributed by atoms with Crippen molar-refractivity contribution >= 4 is 27.2 Å². The lowest BCUT2D eigenvalue weighted by Crippen LogP contribution is -2.41. The number of amides is 1. The fourth-order valence-corrected chi connectivity index (χ4v) is 4.88. The molecule has 3 rings (SSSR count). The molecule has 1 aliphatic heterocycles. The molecule has 0 saturated carbocycles. The van der Waals surface area contributed by atoms with Crippen molar-refractivity contribution in [2.45, 2.75) is 26.3 Å². The molecule has 138 valence electrons. The average molecular weight is 374 g/mol. The molecule has 26 heavy (non-hydrogen) atoms. The Morgan fingerprint density at radius 3 is 2.62 bits per heavy atom. The van der Waals surface area contributed by atoms with E-state index in [1.165, 1.54) is 0 Å². The van der Waals surface area contributed by atoms with Crippen LogP contribution < -0.4 is 5.32 Å². The molecule has 2 aromatic rings. The largest absolute Gasteiger partial charge is 0.340 e. The van der Waals surface area contributed by atoms with Crippen LogP contribution in [0, 0.1) is 6.92 Å². The Hall–Kier alpha value is -2.48. The zero-order valence-electron chi connectivity index (χ0n) is 14.8. The lowest BCUT2D eigenvalue weighted by Gasteiger charge is -2.26. The van der Waals surface area contributed by atoms with E-state index in [0.717, 1.165) is 5.69 Å². The van der Waals surface area contributed by atoms with Gasteiger partial charge >= 0.3 is 0 Å². The van der Waals surface area contributed by atoms with Gasteiger partial charge in [0, 0.05) is 24.3 Å². The number of carbonyl (C=O) groups is 1. The summed E-state index contributed by atoms with van der Waals surface area (Å²) in [6.07, 6.45) is 0.473. The summed E-state index contributed by atoms with van der Waals surface area (Å²) in [6, 6.07) is 10.8. The van der Waals surface area contributed by atoms with Crippen LogP contribution in [0.3, 0.4) is 0 Å². The van der Waals surface area contributed by atoms with E-state index in [0.29, 0.717) is 24.6 Å². The molecule has 2 heterocycles. The summed E-state index contributed by atoms with van der Waals surface area (Å²) in [4.78, 5) is 23.1. The maximum Gasteiger partial charge on any atom is 0.272 e. The van der Waals surface area contributed by atoms with Crippen LogP contribution in [0.1, 0.15) is 29.7 Å². The second kappa shape index (κ2) is 7.41. The predicted octanol–water partition coefficient (Wildman–Crippen LogP) is 2.18. The number of nitrogens with zero attached hydrogens (tertiary/aromatic N) is 3. The van der Waals surface area contributed by atoms with E-state index < -0.39 is 9.84 Å². The second-order valence-electron chi connectivity index (χ2n) is 6.32. The number of rotatable bonds is 5. The first-order valence-electron chi connectivity index (χ1n) is 8.57. The normalized spacial score (nSPS) is 18.5. The summed E-state index contributed by atoms with van der Waals surface area (Å²) in [5.74, 6) is 0.888. The first-order valence-corrected chi connectivity index (χ1v) is 10.4. The molecule has 1 aromatic heterocycles. The first-order chi connectivity index (χ1) is 12.4. The van der Waals surface area contributed by atoms with Gasteiger partial charge in [-0.3, -0.25) is 4.79 Å². The fraction of sp³-hybridized carbons (Fsp3) is 0.389. The van der Waals surface area contributed by atoms with Crippen molar-refractivity contribution in [2.24, 2.45) is 0 Å². The number of para-hydroxylation sites is 1. The van der Waals surface area contributed by atoms with Crippen LogP contribution in [-0.4, -0.2) is 53.3 Å². The highest BCUT2D eigenvalue weighted by atomic mass is 32.2. The Morgan fingerprint density at radius 2 is 2.00 bits per heavy atom. The van der Waals surface area contributed by atoms with Crippen LogP contribution in [0.25, 0.3) is 0 Å². The monoisotopic (exact) mass is 374 g/mol. The zero-order valence-corrected chi connectivity index (χ0v) is 15.7. The van der Waals surface area contributed by atoms with Crippen molar-refractivity contribution in [3.8, 4) is 0 Å². The third-order valence-electron chi connectivity index (χ3n) is 4.35. The number of sulfone groups is 1. The molecule has 1 aliphatic rings. The van der Waals surface area contributed by atoms with Crippen molar-refractivity contribution in [1.82, 2.24) is 14.9 Å². The molecule has 0 bridgehead atoms. The number of benzene rings is 1. The predicted molar refractivity (Wildman–Crippen MR) is 100 cm³/mol. The second-order valence-corrected chi connectivity index (χ2v) is 8.55. The quantitative estimate of drug-likeness (QED) is 0.862. The van der Waals surface area contributed by atoms with Gasteiger partial charge in [0.15, 0.2) is 9.84 Å². The molecular formula is C18H22N4O3S. The van der Waals surface area contributed by atoms with Gasteiger partial charge in [-0.05, 0) is 32.4 Å². The van der Waals surface area contributed by atoms with E-state index in [9.17, 15) is 13.2 Å². The van der Waals surface area contributed by atoms with Crippen molar-refractivity contribution in [1.29, 1.82) is 0 Å². The molecule has 0 radical (unpaired) electrons. The number of hydrogen-bond acceptors (Lipinski definition) is 6. The van der Waals surface area contributed by atoms with Crippen LogP contribution >= 0.6 is 0 Å². The van der Waals surface area contributed by atoms with E-state index in [1.807, 2.05) is 37.3 Å². The van der Waals surface area contributed by atoms with Crippen LogP contribution in [0.5, 0.6) is 0 Å². The smallest absolute Gasteiger partial charge is 0.272 e. The first kappa shape index (κ1) is 18.3. The van der Waals surface area contributed by atoms with Gasteiger partial charge in [-0.1, -0.05) is 18.2 Å². The Morgan fingerprint density at radius 1 is 1.27 bits per heavy atom. The molecule has 1 N–H and O–H groups in total. The molecule has 1 unspecified atom stereocenters. The molecule has 1 aromatic carbocycles. The Balaban J connectivity index is 1.84. The SMILES string of the molecule is CCN(C(=O)c1cc(Nc2ccccc2)nc(C)n1)C1CCS(=O)(=O)C1. The fourth-order valence-electron chi connectivity index (χ4n) is 3.15. The highest BCUT2D eigenvalue weighted by molar-refractivity contribution is 7.91. The molecule has 1 atom stereocenters. The molecule has 1 fully saturated rings. The number of hydrogen-bond donors (Lipinski definition) is 1. The number of aryl methyl sites for hydroxylation is 1. The van der Waals surface area contributed by atoms with E-state index in [4.69, 9.17) is 0 Å². The number of nitrogens with one attached hydrogen (secondary N) is 1. The lowest BCUT2D eigenvalue weighted by atomic mass is 10.2. The van der Waals surface area contributed by atoms with Crippen molar-refractivity contribution < 1.29 is 13.2 Å². The Labute approximate surface area is 153 Å². The lowest BCUT2D eigenvalue weighted by molar-refractivity contribution is 0.0702. The standard InChI is InChI=1S/C18H22N4O3S/c1-3-22(15-9-10-26(24,25)12-15)18(23)16-11-17(20-13(2)19-16)21-14-7-5-4-6-8-14/h4-8,11,15H,3,9-10,12H2,1-2H3,(H,19,20,21). The van der Waals surface area contributed by atoms with Gasteiger partial charge in [-0.15, -0.1) is 0 Å². The number of aromatic nitrogens is 2. The Kier molecular flexibility index (Phi) is 5.22. The van der Waals surface area contributed by atoms with Gasteiger partial charge in [0.05, 0.1) is 11.5 Å². The minimum Gasteiger partial charge on any atom is -0.340 e. The molecule has 0 spiro atoms. The number of anilines is 2. The van der Waals surface area contributed by atoms with Crippen LogP contribution in [0.4, 0.5) is 11.5 Å². The van der Waals surface area contributed by atoms with E-state index in [-0.39, 0.29) is 29.1 Å². The van der Waals surface area contributed by atoms with Gasteiger partial charge in [-0.2, -0.15) is 0 Å². The summed E-state index contributed by atoms with van der Waals surface area (Å²) in [5, 5.41) is 3.16. The summed E-state index contributed by atoms with van der Waals surface area (Å²) in [5.41, 5.74) is 1.13. The molecule has 7 nitrogen and oxygen atoms in total. The topological polar surface area (TPSA) is 92.3 Å². The minimum atomic E-state index is -3.06. The van der Waals surface area contributed by atoms with Gasteiger partial charge < -0.3 is 10.2 Å². The molecule has 0 aliphatic carbocycles. The highest BCUT2D eigenvalue weighted by Crippen LogP contribution is 2.21. The summed E-state index contributed by atoms with van der Waals surface area (Å²) in [7, 11) is -3.06. The van der Waals surface area contributed by atoms with Crippen LogP contribution in [-0.2, 0) is 9.84 Å². The van der Waals surface area contributed by atoms with E-state index >= 15 is 0 Å². The third kappa shape index (κ3) is 4.19. The molecule has 1 amide bonds. The van der Waals surface area contributed by atoms with E-state index in [2.05, 4.69) is 15.3 Å². The van der Waals surface area contributed by atoms with Gasteiger partial charge in [0.1, 0.15) is 17.3 Å². The van der Waals surface area contributed by atoms with Gasteiger partial charge in [0.25, 0.3) is 5.91 Å². The zero-order chi connectivity index (χ0) is 18.7. The number of carbonyl (C=O) groups excluding carboxylic acids is 1. The molecular weight excluding hydrogens is 352 g/mol. The van der Waals surface area contributed by atoms with Crippen molar-refractivity contribution in [3.63, 3.8) is 0 Å². The molecule has 1 saturated heterocycles. The molecule has 8 heteroatoms. The summed E-state index contributed by atoms with van der Waals surface area (Å²) in [6.45, 7) is 4.01. The van der Waals surface area contributed by atoms with Gasteiger partial charge in [0.2, 0.25) is 0 Å². The van der Waals surface area contributed by atoms with Gasteiger partial charge in [-0.25, -0.2) is 18.4 Å².